The molecule has 0 saturated carbocycles. The van der Waals surface area contributed by atoms with Gasteiger partial charge in [0.2, 0.25) is 0 Å². The minimum absolute atomic E-state index is 0. The number of carbonyl (C=O) groups is 1. The van der Waals surface area contributed by atoms with Gasteiger partial charge >= 0.3 is 11.7 Å². The van der Waals surface area contributed by atoms with E-state index in [1.54, 1.807) is 6.07 Å². The summed E-state index contributed by atoms with van der Waals surface area (Å²) in [7, 11) is 1.25. The van der Waals surface area contributed by atoms with E-state index < -0.39 is 10.9 Å². The van der Waals surface area contributed by atoms with Crippen LogP contribution in [0.3, 0.4) is 0 Å². The number of methoxy groups -OCH3 is 1. The summed E-state index contributed by atoms with van der Waals surface area (Å²) in [4.78, 5) is 24.4. The van der Waals surface area contributed by atoms with Crippen LogP contribution in [0.5, 0.6) is 5.75 Å². The van der Waals surface area contributed by atoms with Gasteiger partial charge in [0.15, 0.2) is 12.4 Å². The van der Waals surface area contributed by atoms with Crippen LogP contribution in [0.25, 0.3) is 0 Å². The molecule has 1 unspecified atom stereocenters. The third-order valence-corrected chi connectivity index (χ3v) is 5.50. The van der Waals surface area contributed by atoms with Gasteiger partial charge in [-0.15, -0.1) is 12.4 Å². The summed E-state index contributed by atoms with van der Waals surface area (Å²) in [5.41, 5.74) is 0.756. The zero-order valence-corrected chi connectivity index (χ0v) is 16.9. The smallest absolute Gasteiger partial charge is 0.343 e. The third-order valence-electron chi connectivity index (χ3n) is 5.50. The van der Waals surface area contributed by atoms with E-state index in [9.17, 15) is 14.9 Å². The van der Waals surface area contributed by atoms with Crippen molar-refractivity contribution in [3.63, 3.8) is 0 Å². The highest BCUT2D eigenvalue weighted by molar-refractivity contribution is 5.85. The van der Waals surface area contributed by atoms with Crippen LogP contribution >= 0.6 is 12.4 Å². The standard InChI is InChI=1S/C19H27N3O5.ClH/c1-26-19(23)13-27-18-5-4-14(11-17(18)22(24)25)12-21-9-6-15(7-10-21)16-3-2-8-20-16;/h4-5,11,15-16,20H,2-3,6-10,12-13H2,1H3;1H. The number of benzene rings is 1. The lowest BCUT2D eigenvalue weighted by Gasteiger charge is -2.34. The number of carbonyl (C=O) groups excluding carboxylic acids is 1. The van der Waals surface area contributed by atoms with Crippen LogP contribution in [0.1, 0.15) is 31.2 Å². The van der Waals surface area contributed by atoms with Crippen LogP contribution in [0.4, 0.5) is 5.69 Å². The molecule has 8 nitrogen and oxygen atoms in total. The largest absolute Gasteiger partial charge is 0.475 e. The first kappa shape index (κ1) is 22.4. The van der Waals surface area contributed by atoms with Gasteiger partial charge in [-0.1, -0.05) is 6.07 Å². The van der Waals surface area contributed by atoms with Crippen LogP contribution in [-0.4, -0.2) is 55.2 Å². The first-order valence-electron chi connectivity index (χ1n) is 9.49. The second-order valence-corrected chi connectivity index (χ2v) is 7.24. The van der Waals surface area contributed by atoms with Gasteiger partial charge in [-0.3, -0.25) is 15.0 Å². The fourth-order valence-corrected chi connectivity index (χ4v) is 4.01. The van der Waals surface area contributed by atoms with Crippen molar-refractivity contribution < 1.29 is 19.2 Å². The SMILES string of the molecule is COC(=O)COc1ccc(CN2CCC(C3CCCN3)CC2)cc1[N+](=O)[O-].Cl. The van der Waals surface area contributed by atoms with Crippen LogP contribution in [0.15, 0.2) is 18.2 Å². The van der Waals surface area contributed by atoms with Crippen LogP contribution in [0.2, 0.25) is 0 Å². The normalized spacial score (nSPS) is 20.4. The molecule has 28 heavy (non-hydrogen) atoms. The molecular formula is C19H28ClN3O5. The molecule has 2 aliphatic rings. The summed E-state index contributed by atoms with van der Waals surface area (Å²) >= 11 is 0. The van der Waals surface area contributed by atoms with Gasteiger partial charge in [0.05, 0.1) is 12.0 Å². The van der Waals surface area contributed by atoms with E-state index in [0.717, 1.165) is 31.1 Å². The summed E-state index contributed by atoms with van der Waals surface area (Å²) in [5.74, 6) is 0.250. The Balaban J connectivity index is 0.00000280. The molecule has 0 spiro atoms. The van der Waals surface area contributed by atoms with Crippen molar-refractivity contribution in [2.45, 2.75) is 38.3 Å². The van der Waals surface area contributed by atoms with Crippen molar-refractivity contribution in [3.8, 4) is 5.75 Å². The quantitative estimate of drug-likeness (QED) is 0.417. The molecule has 2 fully saturated rings. The van der Waals surface area contributed by atoms with Gasteiger partial charge in [-0.05, 0) is 62.9 Å². The summed E-state index contributed by atoms with van der Waals surface area (Å²) in [5, 5.41) is 15.0. The van der Waals surface area contributed by atoms with Gasteiger partial charge < -0.3 is 14.8 Å². The summed E-state index contributed by atoms with van der Waals surface area (Å²) in [6.45, 7) is 3.50. The third kappa shape index (κ3) is 5.80. The Kier molecular flexibility index (Phi) is 8.47. The number of nitro groups is 1. The van der Waals surface area contributed by atoms with Crippen LogP contribution in [0, 0.1) is 16.0 Å². The fraction of sp³-hybridized carbons (Fsp3) is 0.632. The topological polar surface area (TPSA) is 93.9 Å². The Hall–Kier alpha value is -1.90. The summed E-state index contributed by atoms with van der Waals surface area (Å²) in [6, 6.07) is 5.59. The molecule has 0 aromatic heterocycles. The number of nitro benzene ring substituents is 1. The number of nitrogens with zero attached hydrogens (tertiary/aromatic N) is 2. The van der Waals surface area contributed by atoms with E-state index in [2.05, 4.69) is 15.0 Å². The molecule has 1 N–H and O–H groups in total. The number of halogens is 1. The molecule has 1 atom stereocenters. The average molecular weight is 414 g/mol. The highest BCUT2D eigenvalue weighted by atomic mass is 35.5. The fourth-order valence-electron chi connectivity index (χ4n) is 4.01. The molecule has 1 aromatic carbocycles. The van der Waals surface area contributed by atoms with Gasteiger partial charge in [-0.25, -0.2) is 4.79 Å². The van der Waals surface area contributed by atoms with Gasteiger partial charge in [0, 0.05) is 18.7 Å². The van der Waals surface area contributed by atoms with Crippen molar-refractivity contribution in [1.29, 1.82) is 0 Å². The predicted octanol–water partition coefficient (Wildman–Crippen LogP) is 2.53. The maximum atomic E-state index is 11.4. The molecule has 2 heterocycles. The lowest BCUT2D eigenvalue weighted by Crippen LogP contribution is -2.40. The molecule has 156 valence electrons. The number of nitrogens with one attached hydrogen (secondary N) is 1. The van der Waals surface area contributed by atoms with E-state index in [-0.39, 0.29) is 30.5 Å². The second-order valence-electron chi connectivity index (χ2n) is 7.24. The highest BCUT2D eigenvalue weighted by Crippen LogP contribution is 2.30. The number of esters is 1. The Morgan fingerprint density at radius 2 is 2.07 bits per heavy atom. The van der Waals surface area contributed by atoms with Crippen molar-refractivity contribution in [3.05, 3.63) is 33.9 Å². The van der Waals surface area contributed by atoms with Crippen LogP contribution < -0.4 is 10.1 Å². The molecule has 0 bridgehead atoms. The number of rotatable bonds is 7. The van der Waals surface area contributed by atoms with Gasteiger partial charge in [0.1, 0.15) is 0 Å². The molecule has 0 radical (unpaired) electrons. The van der Waals surface area contributed by atoms with Crippen molar-refractivity contribution in [1.82, 2.24) is 10.2 Å². The molecule has 2 saturated heterocycles. The minimum Gasteiger partial charge on any atom is -0.475 e. The lowest BCUT2D eigenvalue weighted by atomic mass is 9.88. The molecule has 9 heteroatoms. The van der Waals surface area contributed by atoms with E-state index >= 15 is 0 Å². The number of hydrogen-bond acceptors (Lipinski definition) is 7. The summed E-state index contributed by atoms with van der Waals surface area (Å²) in [6.07, 6.45) is 4.89. The van der Waals surface area contributed by atoms with Crippen LogP contribution in [-0.2, 0) is 16.1 Å². The van der Waals surface area contributed by atoms with Gasteiger partial charge in [-0.2, -0.15) is 0 Å². The molecule has 3 rings (SSSR count). The lowest BCUT2D eigenvalue weighted by molar-refractivity contribution is -0.385. The minimum atomic E-state index is -0.576. The van der Waals surface area contributed by atoms with E-state index in [1.165, 1.54) is 38.9 Å². The zero-order valence-electron chi connectivity index (χ0n) is 16.1. The Morgan fingerprint density at radius 1 is 1.32 bits per heavy atom. The Morgan fingerprint density at radius 3 is 2.68 bits per heavy atom. The van der Waals surface area contributed by atoms with Crippen molar-refractivity contribution in [2.75, 3.05) is 33.4 Å². The first-order valence-corrected chi connectivity index (χ1v) is 9.49. The molecule has 2 aliphatic heterocycles. The monoisotopic (exact) mass is 413 g/mol. The van der Waals surface area contributed by atoms with Gasteiger partial charge in [0.25, 0.3) is 0 Å². The number of hydrogen-bond donors (Lipinski definition) is 1. The van der Waals surface area contributed by atoms with Crippen molar-refractivity contribution >= 4 is 24.1 Å². The molecule has 0 amide bonds. The number of piperidine rings is 1. The zero-order chi connectivity index (χ0) is 19.2. The highest BCUT2D eigenvalue weighted by Gasteiger charge is 2.28. The Labute approximate surface area is 171 Å². The molecular weight excluding hydrogens is 386 g/mol. The molecule has 0 aliphatic carbocycles. The van der Waals surface area contributed by atoms with Crippen molar-refractivity contribution in [2.24, 2.45) is 5.92 Å². The first-order chi connectivity index (χ1) is 13.1. The van der Waals surface area contributed by atoms with E-state index in [0.29, 0.717) is 12.6 Å². The van der Waals surface area contributed by atoms with E-state index in [1.807, 2.05) is 6.07 Å². The maximum absolute atomic E-state index is 11.4. The maximum Gasteiger partial charge on any atom is 0.343 e. The second kappa shape index (κ2) is 10.6. The predicted molar refractivity (Wildman–Crippen MR) is 107 cm³/mol. The van der Waals surface area contributed by atoms with E-state index in [4.69, 9.17) is 4.74 Å². The number of ether oxygens (including phenoxy) is 2. The molecule has 1 aromatic rings. The Bertz CT molecular complexity index is 674. The summed E-state index contributed by atoms with van der Waals surface area (Å²) < 4.78 is 9.73. The average Bonchev–Trinajstić information content (AvgIpc) is 3.22. The number of likely N-dealkylation sites (tertiary alicyclic amines) is 1.